The van der Waals surface area contributed by atoms with Crippen LogP contribution < -0.4 is 4.74 Å². The van der Waals surface area contributed by atoms with Gasteiger partial charge >= 0.3 is 0 Å². The van der Waals surface area contributed by atoms with E-state index in [0.29, 0.717) is 10.9 Å². The van der Waals surface area contributed by atoms with Gasteiger partial charge in [0.25, 0.3) is 0 Å². The Labute approximate surface area is 79.7 Å². The third-order valence-electron chi connectivity index (χ3n) is 1.61. The minimum atomic E-state index is -0.934. The number of ether oxygens (including phenoxy) is 1. The zero-order valence-corrected chi connectivity index (χ0v) is 8.34. The Morgan fingerprint density at radius 2 is 2.00 bits per heavy atom. The maximum Gasteiger partial charge on any atom is 0.135 e. The number of benzene rings is 1. The normalized spacial score (nSPS) is 12.6. The summed E-state index contributed by atoms with van der Waals surface area (Å²) in [6.45, 7) is 0. The molecular formula is C9H10BrFO. The van der Waals surface area contributed by atoms with Crippen LogP contribution >= 0.6 is 15.9 Å². The van der Waals surface area contributed by atoms with Crippen molar-refractivity contribution in [2.24, 2.45) is 0 Å². The highest BCUT2D eigenvalue weighted by atomic mass is 79.9. The second kappa shape index (κ2) is 4.45. The van der Waals surface area contributed by atoms with Crippen LogP contribution in [0.1, 0.15) is 11.7 Å². The number of hydrogen-bond acceptors (Lipinski definition) is 1. The number of hydrogen-bond donors (Lipinski definition) is 0. The first-order chi connectivity index (χ1) is 5.77. The van der Waals surface area contributed by atoms with E-state index in [0.717, 1.165) is 5.75 Å². The molecule has 12 heavy (non-hydrogen) atoms. The fraction of sp³-hybridized carbons (Fsp3) is 0.333. The molecular weight excluding hydrogens is 223 g/mol. The third-order valence-corrected chi connectivity index (χ3v) is 2.18. The molecule has 0 aliphatic heterocycles. The summed E-state index contributed by atoms with van der Waals surface area (Å²) in [5.74, 6) is 0.750. The largest absolute Gasteiger partial charge is 0.497 e. The van der Waals surface area contributed by atoms with Crippen LogP contribution in [0.25, 0.3) is 0 Å². The van der Waals surface area contributed by atoms with E-state index in [-0.39, 0.29) is 0 Å². The van der Waals surface area contributed by atoms with E-state index in [1.54, 1.807) is 31.4 Å². The van der Waals surface area contributed by atoms with Gasteiger partial charge in [-0.3, -0.25) is 0 Å². The van der Waals surface area contributed by atoms with E-state index in [4.69, 9.17) is 4.74 Å². The Balaban J connectivity index is 2.77. The lowest BCUT2D eigenvalue weighted by molar-refractivity contribution is 0.381. The molecule has 0 amide bonds. The predicted molar refractivity (Wildman–Crippen MR) is 50.6 cm³/mol. The van der Waals surface area contributed by atoms with E-state index in [2.05, 4.69) is 15.9 Å². The quantitative estimate of drug-likeness (QED) is 0.729. The van der Waals surface area contributed by atoms with Crippen molar-refractivity contribution in [1.29, 1.82) is 0 Å². The smallest absolute Gasteiger partial charge is 0.135 e. The SMILES string of the molecule is COc1ccc([C@@H](F)CBr)cc1. The van der Waals surface area contributed by atoms with Gasteiger partial charge in [-0.25, -0.2) is 4.39 Å². The van der Waals surface area contributed by atoms with Crippen molar-refractivity contribution in [3.63, 3.8) is 0 Å². The molecule has 0 unspecified atom stereocenters. The number of alkyl halides is 2. The van der Waals surface area contributed by atoms with Crippen molar-refractivity contribution in [3.05, 3.63) is 29.8 Å². The average Bonchev–Trinajstić information content (AvgIpc) is 2.17. The van der Waals surface area contributed by atoms with Crippen LogP contribution in [0, 0.1) is 0 Å². The first-order valence-corrected chi connectivity index (χ1v) is 4.74. The van der Waals surface area contributed by atoms with Crippen molar-refractivity contribution in [2.75, 3.05) is 12.4 Å². The molecule has 1 aromatic rings. The Morgan fingerprint density at radius 1 is 1.42 bits per heavy atom. The Bertz CT molecular complexity index is 235. The summed E-state index contributed by atoms with van der Waals surface area (Å²) in [5, 5.41) is 0.333. The van der Waals surface area contributed by atoms with Gasteiger partial charge < -0.3 is 4.74 Å². The zero-order valence-electron chi connectivity index (χ0n) is 6.76. The van der Waals surface area contributed by atoms with Gasteiger partial charge in [-0.05, 0) is 17.7 Å². The van der Waals surface area contributed by atoms with E-state index >= 15 is 0 Å². The van der Waals surface area contributed by atoms with Gasteiger partial charge in [-0.1, -0.05) is 28.1 Å². The molecule has 1 rings (SSSR count). The minimum Gasteiger partial charge on any atom is -0.497 e. The van der Waals surface area contributed by atoms with E-state index in [1.807, 2.05) is 0 Å². The molecule has 0 bridgehead atoms. The monoisotopic (exact) mass is 232 g/mol. The maximum absolute atomic E-state index is 13.0. The lowest BCUT2D eigenvalue weighted by Gasteiger charge is -2.05. The molecule has 0 spiro atoms. The molecule has 0 aromatic heterocycles. The first-order valence-electron chi connectivity index (χ1n) is 3.62. The molecule has 0 N–H and O–H groups in total. The molecule has 0 radical (unpaired) electrons. The molecule has 0 saturated carbocycles. The summed E-state index contributed by atoms with van der Waals surface area (Å²) in [7, 11) is 1.59. The third kappa shape index (κ3) is 2.21. The van der Waals surface area contributed by atoms with Gasteiger partial charge in [-0.2, -0.15) is 0 Å². The summed E-state index contributed by atoms with van der Waals surface area (Å²) in [5.41, 5.74) is 0.674. The van der Waals surface area contributed by atoms with Crippen LogP contribution in [0.3, 0.4) is 0 Å². The summed E-state index contributed by atoms with van der Waals surface area (Å²) in [6, 6.07) is 6.96. The summed E-state index contributed by atoms with van der Waals surface area (Å²) >= 11 is 3.08. The second-order valence-electron chi connectivity index (χ2n) is 2.39. The highest BCUT2D eigenvalue weighted by molar-refractivity contribution is 9.09. The highest BCUT2D eigenvalue weighted by Gasteiger charge is 2.06. The van der Waals surface area contributed by atoms with E-state index < -0.39 is 6.17 Å². The fourth-order valence-corrected chi connectivity index (χ4v) is 1.28. The van der Waals surface area contributed by atoms with Crippen LogP contribution in [0.4, 0.5) is 4.39 Å². The summed E-state index contributed by atoms with van der Waals surface area (Å²) < 4.78 is 18.0. The topological polar surface area (TPSA) is 9.23 Å². The molecule has 0 heterocycles. The Morgan fingerprint density at radius 3 is 2.42 bits per heavy atom. The van der Waals surface area contributed by atoms with Crippen molar-refractivity contribution in [2.45, 2.75) is 6.17 Å². The van der Waals surface area contributed by atoms with Crippen LogP contribution in [0.15, 0.2) is 24.3 Å². The van der Waals surface area contributed by atoms with Crippen LogP contribution in [0.2, 0.25) is 0 Å². The Hall–Kier alpha value is -0.570. The number of methoxy groups -OCH3 is 1. The molecule has 1 atom stereocenters. The van der Waals surface area contributed by atoms with Gasteiger partial charge in [0, 0.05) is 5.33 Å². The maximum atomic E-state index is 13.0. The predicted octanol–water partition coefficient (Wildman–Crippen LogP) is 3.10. The highest BCUT2D eigenvalue weighted by Crippen LogP contribution is 2.21. The molecule has 3 heteroatoms. The van der Waals surface area contributed by atoms with E-state index in [9.17, 15) is 4.39 Å². The summed E-state index contributed by atoms with van der Waals surface area (Å²) in [6.07, 6.45) is -0.934. The van der Waals surface area contributed by atoms with Crippen LogP contribution in [-0.4, -0.2) is 12.4 Å². The standard InChI is InChI=1S/C9H10BrFO/c1-12-8-4-2-7(3-5-8)9(11)6-10/h2-5,9H,6H2,1H3/t9-/m0/s1. The minimum absolute atomic E-state index is 0.333. The van der Waals surface area contributed by atoms with Crippen molar-refractivity contribution in [1.82, 2.24) is 0 Å². The lowest BCUT2D eigenvalue weighted by atomic mass is 10.1. The van der Waals surface area contributed by atoms with Gasteiger partial charge in [0.2, 0.25) is 0 Å². The summed E-state index contributed by atoms with van der Waals surface area (Å²) in [4.78, 5) is 0. The number of rotatable bonds is 3. The van der Waals surface area contributed by atoms with Gasteiger partial charge in [0.15, 0.2) is 0 Å². The Kier molecular flexibility index (Phi) is 3.53. The molecule has 0 aliphatic carbocycles. The van der Waals surface area contributed by atoms with Crippen molar-refractivity contribution >= 4 is 15.9 Å². The number of halogens is 2. The fourth-order valence-electron chi connectivity index (χ4n) is 0.902. The first kappa shape index (κ1) is 9.52. The van der Waals surface area contributed by atoms with Gasteiger partial charge in [0.05, 0.1) is 7.11 Å². The average molecular weight is 233 g/mol. The van der Waals surface area contributed by atoms with Crippen LogP contribution in [-0.2, 0) is 0 Å². The molecule has 66 valence electrons. The molecule has 1 nitrogen and oxygen atoms in total. The molecule has 1 aromatic carbocycles. The van der Waals surface area contributed by atoms with Crippen molar-refractivity contribution < 1.29 is 9.13 Å². The van der Waals surface area contributed by atoms with E-state index in [1.165, 1.54) is 0 Å². The second-order valence-corrected chi connectivity index (χ2v) is 3.04. The van der Waals surface area contributed by atoms with Crippen LogP contribution in [0.5, 0.6) is 5.75 Å². The molecule has 0 fully saturated rings. The van der Waals surface area contributed by atoms with Crippen molar-refractivity contribution in [3.8, 4) is 5.75 Å². The zero-order chi connectivity index (χ0) is 8.97. The molecule has 0 aliphatic rings. The lowest BCUT2D eigenvalue weighted by Crippen LogP contribution is -1.92. The van der Waals surface area contributed by atoms with Gasteiger partial charge in [0.1, 0.15) is 11.9 Å². The van der Waals surface area contributed by atoms with Gasteiger partial charge in [-0.15, -0.1) is 0 Å². The molecule has 0 saturated heterocycles.